The molecule has 4 nitrogen and oxygen atoms in total. The third-order valence-electron chi connectivity index (χ3n) is 5.04. The van der Waals surface area contributed by atoms with Crippen LogP contribution in [0.15, 0.2) is 29.2 Å². The predicted molar refractivity (Wildman–Crippen MR) is 85.3 cm³/mol. The molecule has 1 saturated heterocycles. The molecule has 0 N–H and O–H groups in total. The Hall–Kier alpha value is -1.20. The second kappa shape index (κ2) is 6.13. The topological polar surface area (TPSA) is 54.5 Å². The summed E-state index contributed by atoms with van der Waals surface area (Å²) in [6, 6.07) is 6.59. The zero-order valence-corrected chi connectivity index (χ0v) is 13.8. The number of hydrogen-bond donors (Lipinski definition) is 0. The van der Waals surface area contributed by atoms with E-state index in [1.807, 2.05) is 0 Å². The molecule has 1 heterocycles. The standard InChI is InChI=1S/C17H23NO3S/c1-13(19)15-8-4-9-16(12-15)22(20,21)18-11-5-10-17(18)14-6-2-3-7-14/h4,8-9,12,14,17H,2-3,5-7,10-11H2,1H3. The van der Waals surface area contributed by atoms with Crippen molar-refractivity contribution in [3.8, 4) is 0 Å². The Bertz CT molecular complexity index is 662. The predicted octanol–water partition coefficient (Wildman–Crippen LogP) is 3.23. The Balaban J connectivity index is 1.91. The van der Waals surface area contributed by atoms with Crippen molar-refractivity contribution in [1.82, 2.24) is 4.31 Å². The van der Waals surface area contributed by atoms with Gasteiger partial charge in [0.25, 0.3) is 0 Å². The first-order chi connectivity index (χ1) is 10.5. The number of hydrogen-bond acceptors (Lipinski definition) is 3. The lowest BCUT2D eigenvalue weighted by Crippen LogP contribution is -2.39. The first kappa shape index (κ1) is 15.7. The van der Waals surface area contributed by atoms with Crippen LogP contribution in [0.3, 0.4) is 0 Å². The fourth-order valence-electron chi connectivity index (χ4n) is 3.89. The maximum atomic E-state index is 13.0. The molecule has 1 aliphatic carbocycles. The Morgan fingerprint density at radius 1 is 1.14 bits per heavy atom. The summed E-state index contributed by atoms with van der Waals surface area (Å²) in [7, 11) is -3.50. The van der Waals surface area contributed by atoms with Crippen molar-refractivity contribution >= 4 is 15.8 Å². The first-order valence-corrected chi connectivity index (χ1v) is 9.57. The molecule has 0 spiro atoms. The summed E-state index contributed by atoms with van der Waals surface area (Å²) < 4.78 is 27.7. The molecule has 5 heteroatoms. The Kier molecular flexibility index (Phi) is 4.37. The quantitative estimate of drug-likeness (QED) is 0.800. The van der Waals surface area contributed by atoms with Crippen LogP contribution in [-0.4, -0.2) is 31.1 Å². The molecule has 1 aliphatic heterocycles. The number of ketones is 1. The summed E-state index contributed by atoms with van der Waals surface area (Å²) in [6.45, 7) is 2.07. The lowest BCUT2D eigenvalue weighted by Gasteiger charge is -2.28. The van der Waals surface area contributed by atoms with Crippen LogP contribution < -0.4 is 0 Å². The van der Waals surface area contributed by atoms with Gasteiger partial charge in [0.2, 0.25) is 10.0 Å². The average molecular weight is 321 g/mol. The molecule has 22 heavy (non-hydrogen) atoms. The smallest absolute Gasteiger partial charge is 0.243 e. The molecule has 0 bridgehead atoms. The second-order valence-electron chi connectivity index (χ2n) is 6.45. The van der Waals surface area contributed by atoms with E-state index in [-0.39, 0.29) is 16.7 Å². The number of sulfonamides is 1. The highest BCUT2D eigenvalue weighted by Crippen LogP contribution is 2.38. The highest BCUT2D eigenvalue weighted by molar-refractivity contribution is 7.89. The number of Topliss-reactive ketones (excluding diaryl/α,β-unsaturated/α-hetero) is 1. The van der Waals surface area contributed by atoms with Crippen molar-refractivity contribution in [3.63, 3.8) is 0 Å². The minimum atomic E-state index is -3.50. The molecule has 2 aliphatic rings. The van der Waals surface area contributed by atoms with Gasteiger partial charge in [-0.05, 0) is 50.7 Å². The Labute approximate surface area is 132 Å². The van der Waals surface area contributed by atoms with Crippen molar-refractivity contribution < 1.29 is 13.2 Å². The summed E-state index contributed by atoms with van der Waals surface area (Å²) in [4.78, 5) is 11.8. The minimum absolute atomic E-state index is 0.106. The van der Waals surface area contributed by atoms with Crippen LogP contribution in [0.1, 0.15) is 55.8 Å². The molecule has 3 rings (SSSR count). The van der Waals surface area contributed by atoms with Crippen LogP contribution in [-0.2, 0) is 10.0 Å². The third kappa shape index (κ3) is 2.84. The van der Waals surface area contributed by atoms with Crippen LogP contribution in [0.5, 0.6) is 0 Å². The lowest BCUT2D eigenvalue weighted by molar-refractivity contribution is 0.101. The molecule has 0 amide bonds. The number of benzene rings is 1. The van der Waals surface area contributed by atoms with E-state index in [2.05, 4.69) is 0 Å². The SMILES string of the molecule is CC(=O)c1cccc(S(=O)(=O)N2CCCC2C2CCCC2)c1. The van der Waals surface area contributed by atoms with Crippen molar-refractivity contribution in [2.75, 3.05) is 6.54 Å². The van der Waals surface area contributed by atoms with E-state index in [0.717, 1.165) is 25.7 Å². The summed E-state index contributed by atoms with van der Waals surface area (Å²) >= 11 is 0. The maximum absolute atomic E-state index is 13.0. The van der Waals surface area contributed by atoms with Gasteiger partial charge >= 0.3 is 0 Å². The molecule has 120 valence electrons. The molecule has 1 saturated carbocycles. The summed E-state index contributed by atoms with van der Waals surface area (Å²) in [6.07, 6.45) is 6.63. The lowest BCUT2D eigenvalue weighted by atomic mass is 9.97. The number of rotatable bonds is 4. The molecular weight excluding hydrogens is 298 g/mol. The minimum Gasteiger partial charge on any atom is -0.295 e. The van der Waals surface area contributed by atoms with E-state index in [4.69, 9.17) is 0 Å². The molecule has 1 unspecified atom stereocenters. The van der Waals surface area contributed by atoms with Gasteiger partial charge in [0.1, 0.15) is 0 Å². The van der Waals surface area contributed by atoms with Gasteiger partial charge in [-0.15, -0.1) is 0 Å². The maximum Gasteiger partial charge on any atom is 0.243 e. The Morgan fingerprint density at radius 3 is 2.55 bits per heavy atom. The monoisotopic (exact) mass is 321 g/mol. The van der Waals surface area contributed by atoms with Crippen molar-refractivity contribution in [2.45, 2.75) is 56.4 Å². The van der Waals surface area contributed by atoms with Crippen molar-refractivity contribution in [2.24, 2.45) is 5.92 Å². The second-order valence-corrected chi connectivity index (χ2v) is 8.34. The normalized spacial score (nSPS) is 24.0. The van der Waals surface area contributed by atoms with Gasteiger partial charge in [-0.1, -0.05) is 25.0 Å². The van der Waals surface area contributed by atoms with Gasteiger partial charge in [-0.3, -0.25) is 4.79 Å². The fourth-order valence-corrected chi connectivity index (χ4v) is 5.69. The number of carbonyl (C=O) groups is 1. The van der Waals surface area contributed by atoms with Crippen molar-refractivity contribution in [1.29, 1.82) is 0 Å². The van der Waals surface area contributed by atoms with Crippen molar-refractivity contribution in [3.05, 3.63) is 29.8 Å². The van der Waals surface area contributed by atoms with E-state index >= 15 is 0 Å². The zero-order valence-electron chi connectivity index (χ0n) is 13.0. The first-order valence-electron chi connectivity index (χ1n) is 8.13. The van der Waals surface area contributed by atoms with Crippen LogP contribution in [0.25, 0.3) is 0 Å². The largest absolute Gasteiger partial charge is 0.295 e. The third-order valence-corrected chi connectivity index (χ3v) is 6.96. The number of nitrogens with zero attached hydrogens (tertiary/aromatic N) is 1. The molecule has 1 atom stereocenters. The summed E-state index contributed by atoms with van der Waals surface area (Å²) in [5.41, 5.74) is 0.456. The highest BCUT2D eigenvalue weighted by atomic mass is 32.2. The van der Waals surface area contributed by atoms with Gasteiger partial charge in [0.15, 0.2) is 5.78 Å². The molecule has 0 radical (unpaired) electrons. The molecule has 2 fully saturated rings. The zero-order chi connectivity index (χ0) is 15.7. The van der Waals surface area contributed by atoms with Crippen LogP contribution in [0.4, 0.5) is 0 Å². The van der Waals surface area contributed by atoms with E-state index in [0.29, 0.717) is 18.0 Å². The molecule has 1 aromatic carbocycles. The molecule has 1 aromatic rings. The van der Waals surface area contributed by atoms with E-state index in [1.54, 1.807) is 22.5 Å². The highest BCUT2D eigenvalue weighted by Gasteiger charge is 2.40. The van der Waals surface area contributed by atoms with Gasteiger partial charge in [-0.2, -0.15) is 4.31 Å². The average Bonchev–Trinajstić information content (AvgIpc) is 3.18. The van der Waals surface area contributed by atoms with Crippen LogP contribution >= 0.6 is 0 Å². The van der Waals surface area contributed by atoms with E-state index < -0.39 is 10.0 Å². The van der Waals surface area contributed by atoms with E-state index in [1.165, 1.54) is 25.8 Å². The van der Waals surface area contributed by atoms with Gasteiger partial charge in [-0.25, -0.2) is 8.42 Å². The van der Waals surface area contributed by atoms with E-state index in [9.17, 15) is 13.2 Å². The van der Waals surface area contributed by atoms with Gasteiger partial charge in [0.05, 0.1) is 4.90 Å². The number of carbonyl (C=O) groups excluding carboxylic acids is 1. The Morgan fingerprint density at radius 2 is 1.86 bits per heavy atom. The summed E-state index contributed by atoms with van der Waals surface area (Å²) in [5, 5.41) is 0. The van der Waals surface area contributed by atoms with Gasteiger partial charge in [0, 0.05) is 18.2 Å². The molecular formula is C17H23NO3S. The van der Waals surface area contributed by atoms with Gasteiger partial charge < -0.3 is 0 Å². The molecule has 0 aromatic heterocycles. The van der Waals surface area contributed by atoms with Crippen LogP contribution in [0, 0.1) is 5.92 Å². The summed E-state index contributed by atoms with van der Waals surface area (Å²) in [5.74, 6) is 0.402. The van der Waals surface area contributed by atoms with Crippen LogP contribution in [0.2, 0.25) is 0 Å². The fraction of sp³-hybridized carbons (Fsp3) is 0.588.